The van der Waals surface area contributed by atoms with Gasteiger partial charge in [0.1, 0.15) is 0 Å². The molecule has 0 aromatic heterocycles. The van der Waals surface area contributed by atoms with Gasteiger partial charge < -0.3 is 4.90 Å². The van der Waals surface area contributed by atoms with Gasteiger partial charge in [-0.3, -0.25) is 4.79 Å². The van der Waals surface area contributed by atoms with Crippen LogP contribution in [0.4, 0.5) is 5.69 Å². The average Bonchev–Trinajstić information content (AvgIpc) is 3.03. The summed E-state index contributed by atoms with van der Waals surface area (Å²) in [6.07, 6.45) is 5.79. The Hall–Kier alpha value is -2.18. The van der Waals surface area contributed by atoms with Crippen molar-refractivity contribution in [2.45, 2.75) is 43.4 Å². The van der Waals surface area contributed by atoms with E-state index in [4.69, 9.17) is 0 Å². The number of nitrogens with zero attached hydrogens (tertiary/aromatic N) is 2. The number of hydrogen-bond acceptors (Lipinski definition) is 3. The number of carbonyl (C=O) groups excluding carboxylic acids is 1. The molecule has 0 aliphatic carbocycles. The van der Waals surface area contributed by atoms with Crippen molar-refractivity contribution in [3.63, 3.8) is 0 Å². The summed E-state index contributed by atoms with van der Waals surface area (Å²) in [5.41, 5.74) is 2.52. The van der Waals surface area contributed by atoms with Crippen LogP contribution in [0.5, 0.6) is 0 Å². The molecule has 2 aliphatic heterocycles. The summed E-state index contributed by atoms with van der Waals surface area (Å²) in [6, 6.07) is 14.5. The van der Waals surface area contributed by atoms with Gasteiger partial charge in [0.15, 0.2) is 0 Å². The molecule has 1 fully saturated rings. The van der Waals surface area contributed by atoms with Crippen LogP contribution in [0.3, 0.4) is 0 Å². The van der Waals surface area contributed by atoms with Gasteiger partial charge in [-0.15, -0.1) is 0 Å². The molecule has 4 rings (SSSR count). The van der Waals surface area contributed by atoms with Crippen molar-refractivity contribution in [1.29, 1.82) is 0 Å². The van der Waals surface area contributed by atoms with Gasteiger partial charge >= 0.3 is 0 Å². The highest BCUT2D eigenvalue weighted by molar-refractivity contribution is 7.89. The Morgan fingerprint density at radius 1 is 0.821 bits per heavy atom. The molecule has 2 aromatic carbocycles. The van der Waals surface area contributed by atoms with E-state index in [2.05, 4.69) is 6.07 Å². The van der Waals surface area contributed by atoms with E-state index in [0.717, 1.165) is 49.8 Å². The minimum Gasteiger partial charge on any atom is -0.308 e. The highest BCUT2D eigenvalue weighted by atomic mass is 32.2. The lowest BCUT2D eigenvalue weighted by Gasteiger charge is -2.29. The fourth-order valence-corrected chi connectivity index (χ4v) is 5.68. The summed E-state index contributed by atoms with van der Waals surface area (Å²) in [5.74, 6) is -0.139. The van der Waals surface area contributed by atoms with Crippen molar-refractivity contribution in [2.24, 2.45) is 0 Å². The third kappa shape index (κ3) is 3.71. The Kier molecular flexibility index (Phi) is 5.51. The molecule has 2 aromatic rings. The number of fused-ring (bicyclic) bond motifs is 1. The molecule has 5 nitrogen and oxygen atoms in total. The van der Waals surface area contributed by atoms with Gasteiger partial charge in [-0.2, -0.15) is 4.31 Å². The second-order valence-corrected chi connectivity index (χ2v) is 9.47. The summed E-state index contributed by atoms with van der Waals surface area (Å²) in [7, 11) is -3.57. The normalized spacial score (nSPS) is 18.4. The van der Waals surface area contributed by atoms with Gasteiger partial charge in [-0.05, 0) is 55.5 Å². The number of hydrogen-bond donors (Lipinski definition) is 0. The number of anilines is 1. The predicted octanol–water partition coefficient (Wildman–Crippen LogP) is 3.84. The number of aryl methyl sites for hydroxylation is 1. The molecule has 0 bridgehead atoms. The van der Waals surface area contributed by atoms with Crippen molar-refractivity contribution in [3.05, 3.63) is 59.7 Å². The third-order valence-corrected chi connectivity index (χ3v) is 7.53. The highest BCUT2D eigenvalue weighted by Crippen LogP contribution is 2.29. The van der Waals surface area contributed by atoms with Gasteiger partial charge in [0.05, 0.1) is 4.90 Å². The predicted molar refractivity (Wildman–Crippen MR) is 110 cm³/mol. The molecule has 0 unspecified atom stereocenters. The Labute approximate surface area is 167 Å². The van der Waals surface area contributed by atoms with Crippen LogP contribution in [0.1, 0.15) is 48.0 Å². The monoisotopic (exact) mass is 398 g/mol. The number of carbonyl (C=O) groups is 1. The van der Waals surface area contributed by atoms with Crippen molar-refractivity contribution in [3.8, 4) is 0 Å². The average molecular weight is 399 g/mol. The fourth-order valence-electron chi connectivity index (χ4n) is 4.12. The van der Waals surface area contributed by atoms with E-state index in [-0.39, 0.29) is 10.8 Å². The van der Waals surface area contributed by atoms with E-state index >= 15 is 0 Å². The standard InChI is InChI=1S/C22H26N2O3S/c25-22(24-16-8-11-18-9-3-4-13-21(18)24)19-10-7-12-20(17-19)28(26,27)23-14-5-1-2-6-15-23/h3-4,7,9-10,12-13,17H,1-2,5-6,8,11,14-16H2. The van der Waals surface area contributed by atoms with Gasteiger partial charge in [-0.1, -0.05) is 37.1 Å². The van der Waals surface area contributed by atoms with Crippen molar-refractivity contribution >= 4 is 21.6 Å². The third-order valence-electron chi connectivity index (χ3n) is 5.64. The van der Waals surface area contributed by atoms with E-state index in [0.29, 0.717) is 25.2 Å². The Morgan fingerprint density at radius 2 is 1.57 bits per heavy atom. The fraction of sp³-hybridized carbons (Fsp3) is 0.409. The van der Waals surface area contributed by atoms with E-state index in [1.807, 2.05) is 18.2 Å². The summed E-state index contributed by atoms with van der Waals surface area (Å²) in [5, 5.41) is 0. The van der Waals surface area contributed by atoms with Gasteiger partial charge in [0.2, 0.25) is 10.0 Å². The van der Waals surface area contributed by atoms with Gasteiger partial charge in [0.25, 0.3) is 5.91 Å². The number of sulfonamides is 1. The maximum Gasteiger partial charge on any atom is 0.258 e. The van der Waals surface area contributed by atoms with E-state index in [1.165, 1.54) is 0 Å². The first-order valence-corrected chi connectivity index (χ1v) is 11.5. The summed E-state index contributed by atoms with van der Waals surface area (Å²) >= 11 is 0. The molecule has 6 heteroatoms. The first kappa shape index (κ1) is 19.2. The lowest BCUT2D eigenvalue weighted by Crippen LogP contribution is -2.36. The Morgan fingerprint density at radius 3 is 2.36 bits per heavy atom. The lowest BCUT2D eigenvalue weighted by molar-refractivity contribution is 0.0985. The second kappa shape index (κ2) is 8.05. The van der Waals surface area contributed by atoms with Crippen LogP contribution in [0.2, 0.25) is 0 Å². The van der Waals surface area contributed by atoms with E-state index in [1.54, 1.807) is 33.5 Å². The first-order chi connectivity index (χ1) is 13.6. The summed E-state index contributed by atoms with van der Waals surface area (Å²) in [4.78, 5) is 15.2. The lowest BCUT2D eigenvalue weighted by atomic mass is 10.0. The summed E-state index contributed by atoms with van der Waals surface area (Å²) < 4.78 is 27.8. The molecule has 1 amide bonds. The Bertz CT molecular complexity index is 963. The first-order valence-electron chi connectivity index (χ1n) is 10.1. The molecular formula is C22H26N2O3S. The topological polar surface area (TPSA) is 57.7 Å². The molecule has 1 saturated heterocycles. The molecule has 2 heterocycles. The number of amides is 1. The van der Waals surface area contributed by atoms with Crippen molar-refractivity contribution in [2.75, 3.05) is 24.5 Å². The molecule has 0 atom stereocenters. The van der Waals surface area contributed by atoms with Crippen LogP contribution >= 0.6 is 0 Å². The van der Waals surface area contributed by atoms with E-state index < -0.39 is 10.0 Å². The van der Waals surface area contributed by atoms with Crippen molar-refractivity contribution in [1.82, 2.24) is 4.31 Å². The molecule has 2 aliphatic rings. The summed E-state index contributed by atoms with van der Waals surface area (Å²) in [6.45, 7) is 1.76. The SMILES string of the molecule is O=C(c1cccc(S(=O)(=O)N2CCCCCC2)c1)N1CCCc2ccccc21. The number of benzene rings is 2. The van der Waals surface area contributed by atoms with Crippen LogP contribution < -0.4 is 4.90 Å². The van der Waals surface area contributed by atoms with Gasteiger partial charge in [-0.25, -0.2) is 8.42 Å². The smallest absolute Gasteiger partial charge is 0.258 e. The maximum absolute atomic E-state index is 13.2. The molecule has 0 radical (unpaired) electrons. The molecular weight excluding hydrogens is 372 g/mol. The highest BCUT2D eigenvalue weighted by Gasteiger charge is 2.28. The minimum atomic E-state index is -3.57. The van der Waals surface area contributed by atoms with Crippen LogP contribution in [0, 0.1) is 0 Å². The number of para-hydroxylation sites is 1. The molecule has 0 saturated carbocycles. The molecule has 0 spiro atoms. The maximum atomic E-state index is 13.2. The molecule has 28 heavy (non-hydrogen) atoms. The van der Waals surface area contributed by atoms with Gasteiger partial charge in [0, 0.05) is 30.9 Å². The van der Waals surface area contributed by atoms with Crippen LogP contribution in [0.25, 0.3) is 0 Å². The number of rotatable bonds is 3. The minimum absolute atomic E-state index is 0.139. The zero-order chi connectivity index (χ0) is 19.6. The van der Waals surface area contributed by atoms with Crippen LogP contribution in [-0.2, 0) is 16.4 Å². The van der Waals surface area contributed by atoms with Crippen molar-refractivity contribution < 1.29 is 13.2 Å². The molecule has 148 valence electrons. The quantitative estimate of drug-likeness (QED) is 0.789. The zero-order valence-corrected chi connectivity index (χ0v) is 16.8. The largest absolute Gasteiger partial charge is 0.308 e. The molecule has 0 N–H and O–H groups in total. The zero-order valence-electron chi connectivity index (χ0n) is 16.0. The van der Waals surface area contributed by atoms with Crippen LogP contribution in [0.15, 0.2) is 53.4 Å². The Balaban J connectivity index is 1.63. The second-order valence-electron chi connectivity index (χ2n) is 7.54. The van der Waals surface area contributed by atoms with Crippen LogP contribution in [-0.4, -0.2) is 38.3 Å². The van der Waals surface area contributed by atoms with E-state index in [9.17, 15) is 13.2 Å².